The van der Waals surface area contributed by atoms with Gasteiger partial charge in [-0.2, -0.15) is 5.10 Å². The van der Waals surface area contributed by atoms with Crippen LogP contribution in [0.5, 0.6) is 0 Å². The third-order valence-corrected chi connectivity index (χ3v) is 7.13. The predicted molar refractivity (Wildman–Crippen MR) is 130 cm³/mol. The highest BCUT2D eigenvalue weighted by atomic mass is 15.3. The third-order valence-electron chi connectivity index (χ3n) is 7.13. The maximum absolute atomic E-state index is 4.94. The number of fused-ring (bicyclic) bond motifs is 2. The molecule has 5 heterocycles. The molecule has 166 valence electrons. The van der Waals surface area contributed by atoms with E-state index in [1.54, 1.807) is 0 Å². The smallest absolute Gasteiger partial charge is 0.138 e. The summed E-state index contributed by atoms with van der Waals surface area (Å²) in [6.45, 7) is 12.4. The fraction of sp³-hybridized carbons (Fsp3) is 0.423. The first-order valence-corrected chi connectivity index (χ1v) is 11.6. The minimum atomic E-state index is -0.0573. The molecule has 0 aliphatic carbocycles. The number of anilines is 1. The molecule has 5 rings (SSSR count). The molecule has 0 saturated heterocycles. The van der Waals surface area contributed by atoms with Gasteiger partial charge in [0.2, 0.25) is 0 Å². The Hall–Kier alpha value is -3.15. The lowest BCUT2D eigenvalue weighted by Crippen LogP contribution is -2.41. The van der Waals surface area contributed by atoms with Crippen LogP contribution >= 0.6 is 0 Å². The molecule has 0 amide bonds. The maximum atomic E-state index is 4.94. The van der Waals surface area contributed by atoms with Gasteiger partial charge in [0, 0.05) is 41.3 Å². The summed E-state index contributed by atoms with van der Waals surface area (Å²) < 4.78 is 4.33. The van der Waals surface area contributed by atoms with Crippen LogP contribution in [0.4, 0.5) is 5.82 Å². The third kappa shape index (κ3) is 3.48. The number of nitrogens with one attached hydrogen (secondary N) is 1. The van der Waals surface area contributed by atoms with Crippen LogP contribution in [0.25, 0.3) is 28.2 Å². The number of nitrogens with zero attached hydrogens (tertiary/aromatic N) is 5. The Bertz CT molecular complexity index is 1250. The van der Waals surface area contributed by atoms with Crippen molar-refractivity contribution in [2.75, 3.05) is 5.32 Å². The average Bonchev–Trinajstić information content (AvgIpc) is 3.48. The molecule has 1 N–H and O–H groups in total. The molecular weight excluding hydrogens is 396 g/mol. The van der Waals surface area contributed by atoms with Crippen molar-refractivity contribution < 1.29 is 0 Å². The Morgan fingerprint density at radius 3 is 2.66 bits per heavy atom. The summed E-state index contributed by atoms with van der Waals surface area (Å²) in [7, 11) is 0. The van der Waals surface area contributed by atoms with E-state index in [0.29, 0.717) is 11.8 Å². The van der Waals surface area contributed by atoms with E-state index in [4.69, 9.17) is 5.10 Å². The fourth-order valence-corrected chi connectivity index (χ4v) is 4.82. The lowest BCUT2D eigenvalue weighted by atomic mass is 9.81. The van der Waals surface area contributed by atoms with Crippen LogP contribution in [-0.4, -0.2) is 29.7 Å². The van der Waals surface area contributed by atoms with E-state index in [1.165, 1.54) is 11.3 Å². The number of pyridine rings is 2. The molecule has 4 aromatic heterocycles. The van der Waals surface area contributed by atoms with Gasteiger partial charge in [-0.3, -0.25) is 14.1 Å². The van der Waals surface area contributed by atoms with E-state index in [-0.39, 0.29) is 5.54 Å². The molecule has 1 aliphatic heterocycles. The topological polar surface area (TPSA) is 60.0 Å². The second kappa shape index (κ2) is 7.76. The molecule has 32 heavy (non-hydrogen) atoms. The number of imidazole rings is 1. The van der Waals surface area contributed by atoms with Crippen LogP contribution in [0, 0.1) is 11.8 Å². The molecule has 1 aliphatic rings. The van der Waals surface area contributed by atoms with Crippen molar-refractivity contribution in [3.8, 4) is 22.5 Å². The molecule has 6 heteroatoms. The van der Waals surface area contributed by atoms with Gasteiger partial charge in [-0.1, -0.05) is 26.8 Å². The van der Waals surface area contributed by atoms with Gasteiger partial charge in [-0.15, -0.1) is 0 Å². The van der Waals surface area contributed by atoms with Crippen LogP contribution in [0.15, 0.2) is 48.9 Å². The first-order chi connectivity index (χ1) is 15.3. The van der Waals surface area contributed by atoms with Gasteiger partial charge in [-0.25, -0.2) is 4.98 Å². The Kier molecular flexibility index (Phi) is 5.03. The molecule has 0 bridgehead atoms. The maximum Gasteiger partial charge on any atom is 0.138 e. The second-order valence-electron chi connectivity index (χ2n) is 9.88. The SMILES string of the molecule is CC(C)C(C)C(C)(C)Nc1cnc2ccc(-c3c(-c4ccccn4)nn4c3CCC4)cn12. The van der Waals surface area contributed by atoms with E-state index in [2.05, 4.69) is 77.3 Å². The van der Waals surface area contributed by atoms with Crippen molar-refractivity contribution in [1.82, 2.24) is 24.1 Å². The molecule has 0 aromatic carbocycles. The lowest BCUT2D eigenvalue weighted by Gasteiger charge is -2.36. The summed E-state index contributed by atoms with van der Waals surface area (Å²) in [4.78, 5) is 9.24. The number of hydrogen-bond donors (Lipinski definition) is 1. The van der Waals surface area contributed by atoms with E-state index in [9.17, 15) is 0 Å². The Labute approximate surface area is 189 Å². The Morgan fingerprint density at radius 1 is 1.06 bits per heavy atom. The molecule has 0 radical (unpaired) electrons. The van der Waals surface area contributed by atoms with Gasteiger partial charge < -0.3 is 5.32 Å². The van der Waals surface area contributed by atoms with E-state index < -0.39 is 0 Å². The first-order valence-electron chi connectivity index (χ1n) is 11.6. The molecule has 4 aromatic rings. The van der Waals surface area contributed by atoms with Gasteiger partial charge >= 0.3 is 0 Å². The van der Waals surface area contributed by atoms with Crippen molar-refractivity contribution >= 4 is 11.5 Å². The summed E-state index contributed by atoms with van der Waals surface area (Å²) in [5.74, 6) is 2.11. The van der Waals surface area contributed by atoms with Crippen molar-refractivity contribution in [1.29, 1.82) is 0 Å². The van der Waals surface area contributed by atoms with Crippen LogP contribution in [0.3, 0.4) is 0 Å². The van der Waals surface area contributed by atoms with Crippen molar-refractivity contribution in [2.45, 2.75) is 59.5 Å². The average molecular weight is 429 g/mol. The minimum absolute atomic E-state index is 0.0573. The summed E-state index contributed by atoms with van der Waals surface area (Å²) in [5.41, 5.74) is 6.40. The van der Waals surface area contributed by atoms with Crippen LogP contribution in [0.1, 0.15) is 46.7 Å². The van der Waals surface area contributed by atoms with Crippen LogP contribution in [0.2, 0.25) is 0 Å². The highest BCUT2D eigenvalue weighted by Crippen LogP contribution is 2.37. The zero-order valence-corrected chi connectivity index (χ0v) is 19.6. The lowest BCUT2D eigenvalue weighted by molar-refractivity contribution is 0.288. The summed E-state index contributed by atoms with van der Waals surface area (Å²) >= 11 is 0. The van der Waals surface area contributed by atoms with Crippen molar-refractivity contribution in [2.24, 2.45) is 11.8 Å². The van der Waals surface area contributed by atoms with Crippen molar-refractivity contribution in [3.63, 3.8) is 0 Å². The van der Waals surface area contributed by atoms with Crippen LogP contribution < -0.4 is 5.32 Å². The minimum Gasteiger partial charge on any atom is -0.365 e. The second-order valence-corrected chi connectivity index (χ2v) is 9.88. The molecule has 6 nitrogen and oxygen atoms in total. The van der Waals surface area contributed by atoms with Gasteiger partial charge in [0.05, 0.1) is 11.9 Å². The molecule has 0 saturated carbocycles. The van der Waals surface area contributed by atoms with E-state index in [1.807, 2.05) is 30.6 Å². The zero-order chi connectivity index (χ0) is 22.5. The number of aromatic nitrogens is 5. The molecule has 0 spiro atoms. The monoisotopic (exact) mass is 428 g/mol. The highest BCUT2D eigenvalue weighted by molar-refractivity contribution is 5.82. The molecule has 1 atom stereocenters. The summed E-state index contributed by atoms with van der Waals surface area (Å²) in [5, 5.41) is 8.70. The predicted octanol–water partition coefficient (Wildman–Crippen LogP) is 5.69. The quantitative estimate of drug-likeness (QED) is 0.429. The standard InChI is InChI=1S/C26H32N6/c1-17(2)18(3)26(4,5)29-23-15-28-22-12-11-19(16-31(22)23)24-21-10-8-14-32(21)30-25(24)20-9-6-7-13-27-20/h6-7,9,11-13,15-18,29H,8,10,14H2,1-5H3. The van der Waals surface area contributed by atoms with E-state index >= 15 is 0 Å². The van der Waals surface area contributed by atoms with E-state index in [0.717, 1.165) is 47.8 Å². The highest BCUT2D eigenvalue weighted by Gasteiger charge is 2.29. The summed E-state index contributed by atoms with van der Waals surface area (Å²) in [6.07, 6.45) is 8.16. The largest absolute Gasteiger partial charge is 0.365 e. The molecule has 1 unspecified atom stereocenters. The summed E-state index contributed by atoms with van der Waals surface area (Å²) in [6, 6.07) is 10.3. The molecular formula is C26H32N6. The number of aryl methyl sites for hydroxylation is 1. The van der Waals surface area contributed by atoms with Gasteiger partial charge in [0.15, 0.2) is 0 Å². The van der Waals surface area contributed by atoms with Gasteiger partial charge in [0.1, 0.15) is 17.2 Å². The van der Waals surface area contributed by atoms with Crippen LogP contribution in [-0.2, 0) is 13.0 Å². The van der Waals surface area contributed by atoms with Crippen molar-refractivity contribution in [3.05, 3.63) is 54.6 Å². The number of rotatable bonds is 6. The number of hydrogen-bond acceptors (Lipinski definition) is 4. The Balaban J connectivity index is 1.61. The first kappa shape index (κ1) is 20.7. The Morgan fingerprint density at radius 2 is 1.91 bits per heavy atom. The molecule has 0 fully saturated rings. The fourth-order valence-electron chi connectivity index (χ4n) is 4.82. The van der Waals surface area contributed by atoms with Gasteiger partial charge in [0.25, 0.3) is 0 Å². The zero-order valence-electron chi connectivity index (χ0n) is 19.6. The van der Waals surface area contributed by atoms with Gasteiger partial charge in [-0.05, 0) is 62.8 Å². The normalized spacial score (nSPS) is 14.8.